The Morgan fingerprint density at radius 3 is 2.72 bits per heavy atom. The van der Waals surface area contributed by atoms with Gasteiger partial charge in [0.15, 0.2) is 0 Å². The summed E-state index contributed by atoms with van der Waals surface area (Å²) in [4.78, 5) is 17.4. The van der Waals surface area contributed by atoms with Crippen LogP contribution in [0, 0.1) is 17.3 Å². The van der Waals surface area contributed by atoms with Crippen molar-refractivity contribution in [2.24, 2.45) is 17.3 Å². The fourth-order valence-electron chi connectivity index (χ4n) is 3.59. The van der Waals surface area contributed by atoms with Crippen molar-refractivity contribution in [3.05, 3.63) is 23.9 Å². The van der Waals surface area contributed by atoms with Crippen LogP contribution in [0.25, 0.3) is 5.57 Å². The third kappa shape index (κ3) is 3.89. The van der Waals surface area contributed by atoms with E-state index in [2.05, 4.69) is 49.6 Å². The van der Waals surface area contributed by atoms with Gasteiger partial charge in [-0.1, -0.05) is 26.8 Å². The van der Waals surface area contributed by atoms with Crippen LogP contribution in [0.5, 0.6) is 0 Å². The number of pyridine rings is 1. The molecule has 1 saturated heterocycles. The third-order valence-corrected chi connectivity index (χ3v) is 4.93. The Balaban J connectivity index is 1.74. The number of anilines is 2. The first-order chi connectivity index (χ1) is 11.8. The molecule has 0 radical (unpaired) electrons. The summed E-state index contributed by atoms with van der Waals surface area (Å²) in [5.74, 6) is 1.57. The molecule has 1 aliphatic carbocycles. The predicted molar refractivity (Wildman–Crippen MR) is 101 cm³/mol. The number of hydrogen-bond donors (Lipinski definition) is 3. The number of rotatable bonds is 4. The van der Waals surface area contributed by atoms with E-state index in [1.54, 1.807) is 0 Å². The van der Waals surface area contributed by atoms with Crippen LogP contribution in [-0.2, 0) is 0 Å². The Labute approximate surface area is 149 Å². The van der Waals surface area contributed by atoms with Crippen molar-refractivity contribution in [3.63, 3.8) is 0 Å². The summed E-state index contributed by atoms with van der Waals surface area (Å²) in [6.45, 7) is 8.70. The number of hydrogen-bond acceptors (Lipinski definition) is 4. The summed E-state index contributed by atoms with van der Waals surface area (Å²) in [6, 6.07) is 4.14. The standard InChI is InChI=1S/C19H28N4O2/c1-19(2,3)11-21-16-6-5-15(22-17(16)20-4)12-7-13-9-23(18(24)25)10-14(13)8-12/h5-7,13-14,21H,8-11H2,1-4H3,(H,20,22)(H,24,25). The second-order valence-electron chi connectivity index (χ2n) is 8.26. The number of carbonyl (C=O) groups is 1. The van der Waals surface area contributed by atoms with Crippen LogP contribution >= 0.6 is 0 Å². The van der Waals surface area contributed by atoms with Crippen LogP contribution in [0.1, 0.15) is 32.9 Å². The van der Waals surface area contributed by atoms with E-state index in [1.807, 2.05) is 7.05 Å². The molecule has 2 atom stereocenters. The van der Waals surface area contributed by atoms with Crippen molar-refractivity contribution in [1.82, 2.24) is 9.88 Å². The van der Waals surface area contributed by atoms with E-state index >= 15 is 0 Å². The summed E-state index contributed by atoms with van der Waals surface area (Å²) in [5, 5.41) is 15.8. The zero-order valence-corrected chi connectivity index (χ0v) is 15.5. The highest BCUT2D eigenvalue weighted by molar-refractivity contribution is 5.73. The molecule has 0 bridgehead atoms. The number of fused-ring (bicyclic) bond motifs is 1. The predicted octanol–water partition coefficient (Wildman–Crippen LogP) is 3.59. The number of likely N-dealkylation sites (tertiary alicyclic amines) is 1. The van der Waals surface area contributed by atoms with Gasteiger partial charge in [-0.2, -0.15) is 0 Å². The number of aromatic nitrogens is 1. The normalized spacial score (nSPS) is 22.6. The minimum Gasteiger partial charge on any atom is -0.465 e. The van der Waals surface area contributed by atoms with Crippen LogP contribution in [0.3, 0.4) is 0 Å². The van der Waals surface area contributed by atoms with E-state index in [-0.39, 0.29) is 5.41 Å². The lowest BCUT2D eigenvalue weighted by Crippen LogP contribution is -2.27. The van der Waals surface area contributed by atoms with E-state index in [1.165, 1.54) is 10.5 Å². The molecule has 1 aromatic heterocycles. The van der Waals surface area contributed by atoms with E-state index < -0.39 is 6.09 Å². The first-order valence-corrected chi connectivity index (χ1v) is 8.88. The summed E-state index contributed by atoms with van der Waals surface area (Å²) in [5.41, 5.74) is 3.43. The van der Waals surface area contributed by atoms with Crippen LogP contribution in [0.2, 0.25) is 0 Å². The van der Waals surface area contributed by atoms with Crippen LogP contribution in [-0.4, -0.2) is 47.8 Å². The van der Waals surface area contributed by atoms with E-state index in [0.717, 1.165) is 30.2 Å². The second kappa shape index (κ2) is 6.58. The quantitative estimate of drug-likeness (QED) is 0.778. The molecule has 2 aliphatic rings. The topological polar surface area (TPSA) is 77.5 Å². The molecule has 136 valence electrons. The van der Waals surface area contributed by atoms with Crippen molar-refractivity contribution in [2.75, 3.05) is 37.3 Å². The molecule has 0 aromatic carbocycles. The molecule has 25 heavy (non-hydrogen) atoms. The molecule has 1 amide bonds. The highest BCUT2D eigenvalue weighted by Gasteiger charge is 2.38. The van der Waals surface area contributed by atoms with Gasteiger partial charge in [-0.3, -0.25) is 0 Å². The first kappa shape index (κ1) is 17.6. The first-order valence-electron chi connectivity index (χ1n) is 8.88. The molecule has 1 aliphatic heterocycles. The fraction of sp³-hybridized carbons (Fsp3) is 0.579. The Morgan fingerprint density at radius 2 is 2.12 bits per heavy atom. The van der Waals surface area contributed by atoms with E-state index in [9.17, 15) is 4.79 Å². The van der Waals surface area contributed by atoms with Crippen molar-refractivity contribution < 1.29 is 9.90 Å². The Morgan fingerprint density at radius 1 is 1.36 bits per heavy atom. The molecule has 1 fully saturated rings. The lowest BCUT2D eigenvalue weighted by atomic mass is 9.97. The van der Waals surface area contributed by atoms with Gasteiger partial charge in [0.2, 0.25) is 0 Å². The molecule has 0 spiro atoms. The van der Waals surface area contributed by atoms with Crippen LogP contribution in [0.15, 0.2) is 18.2 Å². The van der Waals surface area contributed by atoms with Gasteiger partial charge in [-0.05, 0) is 35.5 Å². The largest absolute Gasteiger partial charge is 0.465 e. The molecule has 2 unspecified atom stereocenters. The van der Waals surface area contributed by atoms with Gasteiger partial charge >= 0.3 is 6.09 Å². The average molecular weight is 344 g/mol. The number of carboxylic acid groups (broad SMARTS) is 1. The molecule has 3 N–H and O–H groups in total. The zero-order chi connectivity index (χ0) is 18.2. The Hall–Kier alpha value is -2.24. The van der Waals surface area contributed by atoms with Gasteiger partial charge < -0.3 is 20.6 Å². The number of allylic oxidation sites excluding steroid dienone is 1. The molecule has 6 nitrogen and oxygen atoms in total. The van der Waals surface area contributed by atoms with Gasteiger partial charge in [0.1, 0.15) is 5.82 Å². The monoisotopic (exact) mass is 344 g/mol. The van der Waals surface area contributed by atoms with Crippen molar-refractivity contribution in [1.29, 1.82) is 0 Å². The Bertz CT molecular complexity index is 693. The number of amides is 1. The average Bonchev–Trinajstić information content (AvgIpc) is 3.10. The van der Waals surface area contributed by atoms with Gasteiger partial charge in [0.25, 0.3) is 0 Å². The smallest absolute Gasteiger partial charge is 0.407 e. The summed E-state index contributed by atoms with van der Waals surface area (Å²) >= 11 is 0. The molecule has 2 heterocycles. The maximum Gasteiger partial charge on any atom is 0.407 e. The summed E-state index contributed by atoms with van der Waals surface area (Å²) in [6.07, 6.45) is 2.31. The lowest BCUT2D eigenvalue weighted by molar-refractivity contribution is 0.153. The molecular weight excluding hydrogens is 316 g/mol. The third-order valence-electron chi connectivity index (χ3n) is 4.93. The van der Waals surface area contributed by atoms with Crippen molar-refractivity contribution >= 4 is 23.2 Å². The zero-order valence-electron chi connectivity index (χ0n) is 15.5. The van der Waals surface area contributed by atoms with Crippen LogP contribution < -0.4 is 10.6 Å². The van der Waals surface area contributed by atoms with E-state index in [4.69, 9.17) is 10.1 Å². The van der Waals surface area contributed by atoms with Gasteiger partial charge in [-0.15, -0.1) is 0 Å². The van der Waals surface area contributed by atoms with Crippen LogP contribution in [0.4, 0.5) is 16.3 Å². The maximum atomic E-state index is 11.1. The minimum atomic E-state index is -0.811. The molecule has 1 aromatic rings. The number of nitrogens with zero attached hydrogens (tertiary/aromatic N) is 2. The molecular formula is C19H28N4O2. The van der Waals surface area contributed by atoms with Gasteiger partial charge in [-0.25, -0.2) is 9.78 Å². The van der Waals surface area contributed by atoms with Gasteiger partial charge in [0.05, 0.1) is 11.4 Å². The Kier molecular flexibility index (Phi) is 4.62. The summed E-state index contributed by atoms with van der Waals surface area (Å²) < 4.78 is 0. The van der Waals surface area contributed by atoms with E-state index in [0.29, 0.717) is 24.9 Å². The fourth-order valence-corrected chi connectivity index (χ4v) is 3.59. The highest BCUT2D eigenvalue weighted by Crippen LogP contribution is 2.41. The maximum absolute atomic E-state index is 11.1. The minimum absolute atomic E-state index is 0.200. The van der Waals surface area contributed by atoms with Crippen molar-refractivity contribution in [3.8, 4) is 0 Å². The molecule has 6 heteroatoms. The molecule has 0 saturated carbocycles. The van der Waals surface area contributed by atoms with Crippen molar-refractivity contribution in [2.45, 2.75) is 27.2 Å². The highest BCUT2D eigenvalue weighted by atomic mass is 16.4. The number of nitrogens with one attached hydrogen (secondary N) is 2. The SMILES string of the molecule is CNc1nc(C2=CC3CN(C(=O)O)CC3C2)ccc1NCC(C)(C)C. The second-order valence-corrected chi connectivity index (χ2v) is 8.26. The van der Waals surface area contributed by atoms with Gasteiger partial charge in [0, 0.05) is 32.6 Å². The molecule has 3 rings (SSSR count). The summed E-state index contributed by atoms with van der Waals surface area (Å²) in [7, 11) is 1.89. The lowest BCUT2D eigenvalue weighted by Gasteiger charge is -2.21.